The normalized spacial score (nSPS) is 23.9. The van der Waals surface area contributed by atoms with Crippen molar-refractivity contribution in [3.8, 4) is 0 Å². The van der Waals surface area contributed by atoms with E-state index in [1.54, 1.807) is 23.6 Å². The van der Waals surface area contributed by atoms with Gasteiger partial charge in [0.05, 0.1) is 11.5 Å². The minimum atomic E-state index is -3.10. The average Bonchev–Trinajstić information content (AvgIpc) is 3.13. The highest BCUT2D eigenvalue weighted by atomic mass is 32.2. The summed E-state index contributed by atoms with van der Waals surface area (Å²) in [6, 6.07) is 7.42. The summed E-state index contributed by atoms with van der Waals surface area (Å²) in [7, 11) is -3.10. The van der Waals surface area contributed by atoms with Crippen LogP contribution in [-0.2, 0) is 25.8 Å². The van der Waals surface area contributed by atoms with Gasteiger partial charge in [-0.2, -0.15) is 0 Å². The first kappa shape index (κ1) is 19.9. The number of fused-ring (bicyclic) bond motifs is 1. The zero-order valence-corrected chi connectivity index (χ0v) is 17.3. The van der Waals surface area contributed by atoms with Crippen molar-refractivity contribution < 1.29 is 18.0 Å². The molecule has 6 nitrogen and oxygen atoms in total. The summed E-state index contributed by atoms with van der Waals surface area (Å²) in [6.45, 7) is 7.51. The molecule has 0 aliphatic carbocycles. The van der Waals surface area contributed by atoms with Crippen molar-refractivity contribution in [2.24, 2.45) is 5.41 Å². The lowest BCUT2D eigenvalue weighted by Gasteiger charge is -2.37. The number of hydrogen-bond acceptors (Lipinski definition) is 4. The van der Waals surface area contributed by atoms with Gasteiger partial charge in [-0.1, -0.05) is 18.2 Å². The fraction of sp³-hybridized carbons (Fsp3) is 0.600. The van der Waals surface area contributed by atoms with Crippen molar-refractivity contribution in [2.45, 2.75) is 52.6 Å². The fourth-order valence-electron chi connectivity index (χ4n) is 4.22. The van der Waals surface area contributed by atoms with Gasteiger partial charge in [0, 0.05) is 24.3 Å². The van der Waals surface area contributed by atoms with Crippen LogP contribution in [0.15, 0.2) is 24.3 Å². The maximum atomic E-state index is 13.4. The van der Waals surface area contributed by atoms with E-state index in [0.29, 0.717) is 13.0 Å². The van der Waals surface area contributed by atoms with Gasteiger partial charge in [0.1, 0.15) is 5.41 Å². The molecule has 0 saturated carbocycles. The molecule has 0 radical (unpaired) electrons. The second-order valence-electron chi connectivity index (χ2n) is 8.13. The third-order valence-electron chi connectivity index (χ3n) is 5.75. The van der Waals surface area contributed by atoms with Crippen molar-refractivity contribution in [3.05, 3.63) is 29.8 Å². The molecule has 2 atom stereocenters. The van der Waals surface area contributed by atoms with Crippen LogP contribution in [0.5, 0.6) is 0 Å². The number of amides is 2. The average molecular weight is 393 g/mol. The zero-order valence-electron chi connectivity index (χ0n) is 16.4. The summed E-state index contributed by atoms with van der Waals surface area (Å²) in [5, 5.41) is 0. The van der Waals surface area contributed by atoms with Crippen LogP contribution in [0.3, 0.4) is 0 Å². The molecule has 1 fully saturated rings. The van der Waals surface area contributed by atoms with Crippen molar-refractivity contribution in [2.75, 3.05) is 23.0 Å². The standard InChI is InChI=1S/C20H28N2O4S/c1-5-21(16-10-11-27(25,26)13-16)18(23)20(3,4)19(24)22-14(2)12-15-8-6-7-9-17(15)22/h6-9,14,16H,5,10-13H2,1-4H3. The van der Waals surface area contributed by atoms with Crippen LogP contribution in [0.4, 0.5) is 5.69 Å². The summed E-state index contributed by atoms with van der Waals surface area (Å²) in [6.07, 6.45) is 1.21. The van der Waals surface area contributed by atoms with Crippen LogP contribution in [0.2, 0.25) is 0 Å². The Labute approximate surface area is 161 Å². The van der Waals surface area contributed by atoms with Crippen LogP contribution in [0, 0.1) is 5.41 Å². The molecule has 27 heavy (non-hydrogen) atoms. The highest BCUT2D eigenvalue weighted by molar-refractivity contribution is 7.91. The van der Waals surface area contributed by atoms with Crippen LogP contribution in [-0.4, -0.2) is 55.3 Å². The van der Waals surface area contributed by atoms with Gasteiger partial charge in [0.25, 0.3) is 0 Å². The molecular weight excluding hydrogens is 364 g/mol. The Morgan fingerprint density at radius 3 is 2.52 bits per heavy atom. The smallest absolute Gasteiger partial charge is 0.242 e. The lowest BCUT2D eigenvalue weighted by molar-refractivity contribution is -0.148. The monoisotopic (exact) mass is 392 g/mol. The van der Waals surface area contributed by atoms with E-state index < -0.39 is 15.3 Å². The molecule has 0 spiro atoms. The van der Waals surface area contributed by atoms with Crippen molar-refractivity contribution >= 4 is 27.3 Å². The van der Waals surface area contributed by atoms with Gasteiger partial charge in [-0.05, 0) is 52.2 Å². The van der Waals surface area contributed by atoms with Crippen LogP contribution < -0.4 is 4.90 Å². The number of sulfone groups is 1. The van der Waals surface area contributed by atoms with Crippen LogP contribution in [0.25, 0.3) is 0 Å². The Balaban J connectivity index is 1.86. The maximum absolute atomic E-state index is 13.4. The van der Waals surface area contributed by atoms with Crippen LogP contribution >= 0.6 is 0 Å². The van der Waals surface area contributed by atoms with Gasteiger partial charge >= 0.3 is 0 Å². The SMILES string of the molecule is CCN(C(=O)C(C)(C)C(=O)N1c2ccccc2CC1C)C1CCS(=O)(=O)C1. The second-order valence-corrected chi connectivity index (χ2v) is 10.4. The number of anilines is 1. The molecule has 0 bridgehead atoms. The largest absolute Gasteiger partial charge is 0.338 e. The Hall–Kier alpha value is -1.89. The Bertz CT molecular complexity index is 862. The molecule has 3 rings (SSSR count). The number of carbonyl (C=O) groups is 2. The van der Waals surface area contributed by atoms with Gasteiger partial charge in [-0.25, -0.2) is 8.42 Å². The van der Waals surface area contributed by atoms with E-state index in [-0.39, 0.29) is 35.4 Å². The van der Waals surface area contributed by atoms with E-state index in [2.05, 4.69) is 0 Å². The molecule has 148 valence electrons. The summed E-state index contributed by atoms with van der Waals surface area (Å²) < 4.78 is 23.7. The van der Waals surface area contributed by atoms with Gasteiger partial charge in [-0.15, -0.1) is 0 Å². The van der Waals surface area contributed by atoms with E-state index >= 15 is 0 Å². The third-order valence-corrected chi connectivity index (χ3v) is 7.50. The van der Waals surface area contributed by atoms with E-state index in [9.17, 15) is 18.0 Å². The van der Waals surface area contributed by atoms with Gasteiger partial charge in [0.15, 0.2) is 9.84 Å². The van der Waals surface area contributed by atoms with Gasteiger partial charge < -0.3 is 9.80 Å². The predicted molar refractivity (Wildman–Crippen MR) is 105 cm³/mol. The first-order valence-electron chi connectivity index (χ1n) is 9.51. The van der Waals surface area contributed by atoms with Crippen LogP contribution in [0.1, 0.15) is 39.7 Å². The second kappa shape index (κ2) is 6.93. The number of para-hydroxylation sites is 1. The molecular formula is C20H28N2O4S. The van der Waals surface area contributed by atoms with E-state index in [4.69, 9.17) is 0 Å². The molecule has 2 heterocycles. The zero-order chi connectivity index (χ0) is 20.0. The Morgan fingerprint density at radius 2 is 1.93 bits per heavy atom. The minimum Gasteiger partial charge on any atom is -0.338 e. The number of benzene rings is 1. The van der Waals surface area contributed by atoms with E-state index in [0.717, 1.165) is 17.7 Å². The number of hydrogen-bond donors (Lipinski definition) is 0. The topological polar surface area (TPSA) is 74.8 Å². The van der Waals surface area contributed by atoms with Gasteiger partial charge in [-0.3, -0.25) is 9.59 Å². The molecule has 1 saturated heterocycles. The van der Waals surface area contributed by atoms with E-state index in [1.165, 1.54) is 0 Å². The highest BCUT2D eigenvalue weighted by Gasteiger charge is 2.47. The van der Waals surface area contributed by atoms with E-state index in [1.807, 2.05) is 38.1 Å². The lowest BCUT2D eigenvalue weighted by Crippen LogP contribution is -2.54. The molecule has 2 aliphatic rings. The summed E-state index contributed by atoms with van der Waals surface area (Å²) in [4.78, 5) is 30.0. The molecule has 7 heteroatoms. The molecule has 0 aromatic heterocycles. The first-order valence-corrected chi connectivity index (χ1v) is 11.3. The molecule has 0 N–H and O–H groups in total. The molecule has 2 unspecified atom stereocenters. The third kappa shape index (κ3) is 3.49. The Morgan fingerprint density at radius 1 is 1.26 bits per heavy atom. The molecule has 2 aliphatic heterocycles. The quantitative estimate of drug-likeness (QED) is 0.735. The minimum absolute atomic E-state index is 0.0103. The van der Waals surface area contributed by atoms with Crippen molar-refractivity contribution in [1.82, 2.24) is 4.90 Å². The molecule has 1 aromatic rings. The Kier molecular flexibility index (Phi) is 5.10. The van der Waals surface area contributed by atoms with Gasteiger partial charge in [0.2, 0.25) is 11.8 Å². The first-order chi connectivity index (χ1) is 12.6. The van der Waals surface area contributed by atoms with Crippen molar-refractivity contribution in [1.29, 1.82) is 0 Å². The highest BCUT2D eigenvalue weighted by Crippen LogP contribution is 2.36. The fourth-order valence-corrected chi connectivity index (χ4v) is 5.95. The lowest BCUT2D eigenvalue weighted by atomic mass is 9.88. The summed E-state index contributed by atoms with van der Waals surface area (Å²) >= 11 is 0. The predicted octanol–water partition coefficient (Wildman–Crippen LogP) is 2.03. The van der Waals surface area contributed by atoms with Crippen molar-refractivity contribution in [3.63, 3.8) is 0 Å². The number of rotatable bonds is 4. The molecule has 2 amide bonds. The maximum Gasteiger partial charge on any atom is 0.242 e. The number of nitrogens with zero attached hydrogens (tertiary/aromatic N) is 2. The summed E-state index contributed by atoms with van der Waals surface area (Å²) in [5.41, 5.74) is 0.715. The summed E-state index contributed by atoms with van der Waals surface area (Å²) in [5.74, 6) is -0.440. The molecule has 1 aromatic carbocycles. The number of carbonyl (C=O) groups excluding carboxylic acids is 2.